The lowest BCUT2D eigenvalue weighted by molar-refractivity contribution is -0.156. The van der Waals surface area contributed by atoms with Crippen LogP contribution in [0.3, 0.4) is 0 Å². The second-order valence-electron chi connectivity index (χ2n) is 9.54. The maximum atomic E-state index is 11.9. The van der Waals surface area contributed by atoms with Gasteiger partial charge >= 0.3 is 5.97 Å². The summed E-state index contributed by atoms with van der Waals surface area (Å²) < 4.78 is 17.5. The van der Waals surface area contributed by atoms with Gasteiger partial charge < -0.3 is 13.9 Å². The van der Waals surface area contributed by atoms with E-state index in [2.05, 4.69) is 33.9 Å². The van der Waals surface area contributed by atoms with Crippen molar-refractivity contribution in [1.29, 1.82) is 0 Å². The van der Waals surface area contributed by atoms with Crippen molar-refractivity contribution in [3.05, 3.63) is 48.0 Å². The lowest BCUT2D eigenvalue weighted by Gasteiger charge is -2.35. The standard InChI is InChI=1S/C23H38O4Si/c1-22(2,3)27-21(24)16-18-25-20(19-13-10-9-11-14-19)15-12-17-26-28(7,8)23(4,5)6/h9-15,20H,16-18H2,1-8H3/b15-12-. The van der Waals surface area contributed by atoms with Gasteiger partial charge in [-0.3, -0.25) is 4.79 Å². The number of carbonyl (C=O) groups is 1. The van der Waals surface area contributed by atoms with Crippen molar-refractivity contribution < 1.29 is 18.7 Å². The van der Waals surface area contributed by atoms with Crippen molar-refractivity contribution in [3.8, 4) is 0 Å². The van der Waals surface area contributed by atoms with Crippen LogP contribution in [0.5, 0.6) is 0 Å². The molecular formula is C23H38O4Si. The van der Waals surface area contributed by atoms with Crippen LogP contribution in [-0.4, -0.2) is 33.1 Å². The van der Waals surface area contributed by atoms with Gasteiger partial charge in [0.2, 0.25) is 0 Å². The summed E-state index contributed by atoms with van der Waals surface area (Å²) in [6.07, 6.45) is 4.05. The lowest BCUT2D eigenvalue weighted by atomic mass is 10.1. The molecule has 158 valence electrons. The highest BCUT2D eigenvalue weighted by Gasteiger charge is 2.36. The highest BCUT2D eigenvalue weighted by atomic mass is 28.4. The molecular weight excluding hydrogens is 368 g/mol. The van der Waals surface area contributed by atoms with Crippen LogP contribution in [0, 0.1) is 0 Å². The van der Waals surface area contributed by atoms with Crippen molar-refractivity contribution in [2.45, 2.75) is 77.8 Å². The molecule has 0 aliphatic heterocycles. The van der Waals surface area contributed by atoms with Gasteiger partial charge in [-0.05, 0) is 44.5 Å². The summed E-state index contributed by atoms with van der Waals surface area (Å²) in [4.78, 5) is 11.9. The molecule has 0 radical (unpaired) electrons. The zero-order valence-corrected chi connectivity index (χ0v) is 19.9. The molecule has 0 aliphatic carbocycles. The fourth-order valence-electron chi connectivity index (χ4n) is 2.22. The first kappa shape index (κ1) is 24.6. The predicted molar refractivity (Wildman–Crippen MR) is 118 cm³/mol. The fraction of sp³-hybridized carbons (Fsp3) is 0.609. The summed E-state index contributed by atoms with van der Waals surface area (Å²) in [6.45, 7) is 17.6. The number of ether oxygens (including phenoxy) is 2. The second-order valence-corrected chi connectivity index (χ2v) is 14.3. The molecule has 0 saturated heterocycles. The quantitative estimate of drug-likeness (QED) is 0.284. The Kier molecular flexibility index (Phi) is 9.12. The Balaban J connectivity index is 2.65. The summed E-state index contributed by atoms with van der Waals surface area (Å²) in [5.41, 5.74) is 0.576. The zero-order valence-electron chi connectivity index (χ0n) is 18.9. The van der Waals surface area contributed by atoms with Gasteiger partial charge in [0.15, 0.2) is 8.32 Å². The van der Waals surface area contributed by atoms with E-state index in [0.717, 1.165) is 5.56 Å². The van der Waals surface area contributed by atoms with Crippen LogP contribution in [0.1, 0.15) is 59.6 Å². The number of rotatable bonds is 9. The third kappa shape index (κ3) is 9.17. The summed E-state index contributed by atoms with van der Waals surface area (Å²) in [7, 11) is -1.77. The lowest BCUT2D eigenvalue weighted by Crippen LogP contribution is -2.40. The molecule has 0 N–H and O–H groups in total. The molecule has 0 fully saturated rings. The smallest absolute Gasteiger partial charge is 0.308 e. The molecule has 0 aliphatic rings. The topological polar surface area (TPSA) is 44.8 Å². The molecule has 1 aromatic rings. The maximum absolute atomic E-state index is 11.9. The van der Waals surface area contributed by atoms with E-state index in [1.807, 2.05) is 63.3 Å². The number of hydrogen-bond donors (Lipinski definition) is 0. The van der Waals surface area contributed by atoms with E-state index in [4.69, 9.17) is 13.9 Å². The Morgan fingerprint density at radius 1 is 1.07 bits per heavy atom. The summed E-state index contributed by atoms with van der Waals surface area (Å²) in [5, 5.41) is 0.184. The van der Waals surface area contributed by atoms with Crippen molar-refractivity contribution in [3.63, 3.8) is 0 Å². The molecule has 5 heteroatoms. The average molecular weight is 407 g/mol. The van der Waals surface area contributed by atoms with E-state index in [-0.39, 0.29) is 23.5 Å². The zero-order chi connectivity index (χ0) is 21.4. The van der Waals surface area contributed by atoms with Crippen molar-refractivity contribution in [2.75, 3.05) is 13.2 Å². The first-order valence-electron chi connectivity index (χ1n) is 10.0. The van der Waals surface area contributed by atoms with Crippen LogP contribution in [0.4, 0.5) is 0 Å². The van der Waals surface area contributed by atoms with Crippen LogP contribution in [0.25, 0.3) is 0 Å². The highest BCUT2D eigenvalue weighted by Crippen LogP contribution is 2.36. The monoisotopic (exact) mass is 406 g/mol. The van der Waals surface area contributed by atoms with E-state index >= 15 is 0 Å². The predicted octanol–water partition coefficient (Wildman–Crippen LogP) is 6.05. The Hall–Kier alpha value is -1.43. The molecule has 1 atom stereocenters. The number of benzene rings is 1. The Bertz CT molecular complexity index is 624. The van der Waals surface area contributed by atoms with Crippen LogP contribution in [0.15, 0.2) is 42.5 Å². The second kappa shape index (κ2) is 10.4. The fourth-order valence-corrected chi connectivity index (χ4v) is 3.17. The van der Waals surface area contributed by atoms with E-state index in [1.165, 1.54) is 0 Å². The third-order valence-electron chi connectivity index (χ3n) is 4.81. The Morgan fingerprint density at radius 3 is 2.21 bits per heavy atom. The minimum Gasteiger partial charge on any atom is -0.460 e. The first-order chi connectivity index (χ1) is 12.8. The molecule has 0 aromatic heterocycles. The SMILES string of the molecule is CC(C)(C)OC(=O)CCOC(/C=C\CO[Si](C)(C)C(C)(C)C)c1ccccc1. The summed E-state index contributed by atoms with van der Waals surface area (Å²) in [5.74, 6) is -0.246. The molecule has 4 nitrogen and oxygen atoms in total. The number of carbonyl (C=O) groups excluding carboxylic acids is 1. The number of hydrogen-bond acceptors (Lipinski definition) is 4. The molecule has 0 saturated carbocycles. The van der Waals surface area contributed by atoms with Gasteiger partial charge in [-0.15, -0.1) is 0 Å². The van der Waals surface area contributed by atoms with E-state index in [1.54, 1.807) is 0 Å². The molecule has 0 spiro atoms. The molecule has 1 aromatic carbocycles. The van der Waals surface area contributed by atoms with Crippen molar-refractivity contribution >= 4 is 14.3 Å². The summed E-state index contributed by atoms with van der Waals surface area (Å²) in [6, 6.07) is 10.00. The van der Waals surface area contributed by atoms with Gasteiger partial charge in [-0.1, -0.05) is 63.3 Å². The first-order valence-corrected chi connectivity index (χ1v) is 12.9. The average Bonchev–Trinajstić information content (AvgIpc) is 2.55. The molecule has 0 bridgehead atoms. The minimum atomic E-state index is -1.77. The van der Waals surface area contributed by atoms with Gasteiger partial charge in [0.05, 0.1) is 19.6 Å². The van der Waals surface area contributed by atoms with E-state index < -0.39 is 13.9 Å². The van der Waals surface area contributed by atoms with Gasteiger partial charge in [0.1, 0.15) is 11.7 Å². The van der Waals surface area contributed by atoms with Crippen LogP contribution in [0.2, 0.25) is 18.1 Å². The Labute approximate surface area is 172 Å². The van der Waals surface area contributed by atoms with Crippen molar-refractivity contribution in [1.82, 2.24) is 0 Å². The molecule has 1 rings (SSSR count). The molecule has 28 heavy (non-hydrogen) atoms. The normalized spacial score (nSPS) is 14.3. The summed E-state index contributed by atoms with van der Waals surface area (Å²) >= 11 is 0. The van der Waals surface area contributed by atoms with Crippen LogP contribution < -0.4 is 0 Å². The highest BCUT2D eigenvalue weighted by molar-refractivity contribution is 6.74. The maximum Gasteiger partial charge on any atom is 0.308 e. The van der Waals surface area contributed by atoms with E-state index in [9.17, 15) is 4.79 Å². The van der Waals surface area contributed by atoms with Crippen LogP contribution >= 0.6 is 0 Å². The van der Waals surface area contributed by atoms with E-state index in [0.29, 0.717) is 13.2 Å². The third-order valence-corrected chi connectivity index (χ3v) is 9.31. The molecule has 1 unspecified atom stereocenters. The van der Waals surface area contributed by atoms with Gasteiger partial charge in [0.25, 0.3) is 0 Å². The van der Waals surface area contributed by atoms with Crippen LogP contribution in [-0.2, 0) is 18.7 Å². The van der Waals surface area contributed by atoms with Crippen molar-refractivity contribution in [2.24, 2.45) is 0 Å². The number of esters is 1. The molecule has 0 heterocycles. The van der Waals surface area contributed by atoms with Gasteiger partial charge in [0, 0.05) is 0 Å². The minimum absolute atomic E-state index is 0.184. The van der Waals surface area contributed by atoms with Gasteiger partial charge in [-0.2, -0.15) is 0 Å². The largest absolute Gasteiger partial charge is 0.460 e. The Morgan fingerprint density at radius 2 is 1.68 bits per heavy atom. The molecule has 0 amide bonds. The van der Waals surface area contributed by atoms with Gasteiger partial charge in [-0.25, -0.2) is 0 Å².